The quantitative estimate of drug-likeness (QED) is 0.430. The van der Waals surface area contributed by atoms with Gasteiger partial charge in [-0.1, -0.05) is 48.4 Å². The summed E-state index contributed by atoms with van der Waals surface area (Å²) in [5.74, 6) is 0. The topological polar surface area (TPSA) is 42.7 Å². The Kier molecular flexibility index (Phi) is 6.05. The normalized spacial score (nSPS) is 12.1. The van der Waals surface area contributed by atoms with Crippen LogP contribution in [0.4, 0.5) is 0 Å². The summed E-state index contributed by atoms with van der Waals surface area (Å²) in [5.41, 5.74) is 8.17. The highest BCUT2D eigenvalue weighted by Crippen LogP contribution is 2.26. The smallest absolute Gasteiger partial charge is 0.0972 e. The zero-order chi connectivity index (χ0) is 20.9. The number of aryl methyl sites for hydroxylation is 2. The first-order valence-electron chi connectivity index (χ1n) is 10.5. The number of pyridine rings is 1. The van der Waals surface area contributed by atoms with Gasteiger partial charge in [0.15, 0.2) is 0 Å². The van der Waals surface area contributed by atoms with E-state index in [1.54, 1.807) is 0 Å². The highest BCUT2D eigenvalue weighted by Gasteiger charge is 2.15. The van der Waals surface area contributed by atoms with Crippen LogP contribution in [0.25, 0.3) is 16.9 Å². The summed E-state index contributed by atoms with van der Waals surface area (Å²) in [5, 5.41) is 8.68. The third kappa shape index (κ3) is 4.50. The Bertz CT molecular complexity index is 1100. The van der Waals surface area contributed by atoms with Crippen molar-refractivity contribution in [1.82, 2.24) is 20.1 Å². The average molecular weight is 397 g/mol. The minimum Gasteiger partial charge on any atom is -0.306 e. The summed E-state index contributed by atoms with van der Waals surface area (Å²) in [6.45, 7) is 7.17. The lowest BCUT2D eigenvalue weighted by Crippen LogP contribution is -2.20. The summed E-state index contributed by atoms with van der Waals surface area (Å²) in [4.78, 5) is 4.14. The van der Waals surface area contributed by atoms with Crippen LogP contribution in [0, 0.1) is 13.8 Å². The molecular weight excluding hydrogens is 368 g/mol. The Morgan fingerprint density at radius 1 is 0.933 bits per heavy atom. The van der Waals surface area contributed by atoms with E-state index in [1.807, 2.05) is 17.1 Å². The Labute approximate surface area is 178 Å². The summed E-state index contributed by atoms with van der Waals surface area (Å²) < 4.78 is 1.99. The Balaban J connectivity index is 1.67. The molecule has 152 valence electrons. The molecule has 0 amide bonds. The fourth-order valence-electron chi connectivity index (χ4n) is 3.73. The van der Waals surface area contributed by atoms with Crippen molar-refractivity contribution >= 4 is 0 Å². The van der Waals surface area contributed by atoms with Crippen LogP contribution in [0.15, 0.2) is 79.3 Å². The molecule has 0 unspecified atom stereocenters. The zero-order valence-electron chi connectivity index (χ0n) is 17.8. The molecule has 0 saturated heterocycles. The van der Waals surface area contributed by atoms with Crippen molar-refractivity contribution in [1.29, 1.82) is 0 Å². The highest BCUT2D eigenvalue weighted by atomic mass is 15.3. The number of hydrogen-bond acceptors (Lipinski definition) is 3. The summed E-state index contributed by atoms with van der Waals surface area (Å²) in [6.07, 6.45) is 6.87. The number of benzene rings is 2. The van der Waals surface area contributed by atoms with Gasteiger partial charge in [-0.15, -0.1) is 0 Å². The monoisotopic (exact) mass is 396 g/mol. The molecule has 0 aliphatic carbocycles. The average Bonchev–Trinajstić information content (AvgIpc) is 3.20. The lowest BCUT2D eigenvalue weighted by molar-refractivity contribution is 0.519. The van der Waals surface area contributed by atoms with E-state index in [4.69, 9.17) is 5.10 Å². The second-order valence-electron chi connectivity index (χ2n) is 7.77. The highest BCUT2D eigenvalue weighted by molar-refractivity contribution is 5.64. The van der Waals surface area contributed by atoms with E-state index >= 15 is 0 Å². The van der Waals surface area contributed by atoms with Gasteiger partial charge in [0.25, 0.3) is 0 Å². The van der Waals surface area contributed by atoms with Crippen LogP contribution in [-0.2, 0) is 6.54 Å². The van der Waals surface area contributed by atoms with Crippen molar-refractivity contribution in [2.24, 2.45) is 0 Å². The van der Waals surface area contributed by atoms with E-state index < -0.39 is 0 Å². The molecule has 0 spiro atoms. The van der Waals surface area contributed by atoms with Crippen LogP contribution < -0.4 is 5.32 Å². The van der Waals surface area contributed by atoms with E-state index in [1.165, 1.54) is 22.3 Å². The maximum absolute atomic E-state index is 4.96. The van der Waals surface area contributed by atoms with Crippen LogP contribution in [0.3, 0.4) is 0 Å². The minimum atomic E-state index is 0.279. The van der Waals surface area contributed by atoms with Crippen molar-refractivity contribution < 1.29 is 0 Å². The first kappa shape index (κ1) is 20.0. The molecule has 4 nitrogen and oxygen atoms in total. The molecule has 0 radical (unpaired) electrons. The van der Waals surface area contributed by atoms with Gasteiger partial charge in [-0.05, 0) is 56.2 Å². The van der Waals surface area contributed by atoms with Crippen LogP contribution in [0.2, 0.25) is 0 Å². The van der Waals surface area contributed by atoms with E-state index in [0.717, 1.165) is 29.9 Å². The van der Waals surface area contributed by atoms with Crippen molar-refractivity contribution in [2.45, 2.75) is 39.8 Å². The van der Waals surface area contributed by atoms with Crippen molar-refractivity contribution in [3.63, 3.8) is 0 Å². The molecular formula is C26H28N4. The molecule has 1 atom stereocenters. The Morgan fingerprint density at radius 3 is 2.40 bits per heavy atom. The molecule has 0 fully saturated rings. The number of hydrogen-bond donors (Lipinski definition) is 1. The zero-order valence-corrected chi connectivity index (χ0v) is 17.8. The van der Waals surface area contributed by atoms with Gasteiger partial charge in [-0.25, -0.2) is 4.68 Å². The molecule has 1 N–H and O–H groups in total. The maximum atomic E-state index is 4.96. The third-order valence-electron chi connectivity index (χ3n) is 5.44. The minimum absolute atomic E-state index is 0.279. The van der Waals surface area contributed by atoms with Gasteiger partial charge >= 0.3 is 0 Å². The lowest BCUT2D eigenvalue weighted by Gasteiger charge is -2.17. The van der Waals surface area contributed by atoms with Gasteiger partial charge in [0.2, 0.25) is 0 Å². The Morgan fingerprint density at radius 2 is 1.70 bits per heavy atom. The van der Waals surface area contributed by atoms with Gasteiger partial charge < -0.3 is 5.32 Å². The first-order chi connectivity index (χ1) is 14.6. The standard InChI is InChI=1S/C26H28N4/c1-4-25(21-12-14-27-15-13-21)28-17-23-18-30(24-10-8-19(2)9-11-24)29-26(23)22-7-5-6-20(3)16-22/h5-16,18,25,28H,4,17H2,1-3H3/t25-/m0/s1. The lowest BCUT2D eigenvalue weighted by atomic mass is 10.0. The molecule has 0 saturated carbocycles. The fourth-order valence-corrected chi connectivity index (χ4v) is 3.73. The van der Waals surface area contributed by atoms with Gasteiger partial charge in [0.1, 0.15) is 0 Å². The number of aromatic nitrogens is 3. The van der Waals surface area contributed by atoms with Crippen LogP contribution in [0.1, 0.15) is 41.6 Å². The molecule has 0 aliphatic rings. The third-order valence-corrected chi connectivity index (χ3v) is 5.44. The van der Waals surface area contributed by atoms with Crippen molar-refractivity contribution in [3.8, 4) is 16.9 Å². The summed E-state index contributed by atoms with van der Waals surface area (Å²) in [7, 11) is 0. The molecule has 0 bridgehead atoms. The van der Waals surface area contributed by atoms with Gasteiger partial charge in [-0.3, -0.25) is 4.98 Å². The predicted molar refractivity (Wildman–Crippen MR) is 123 cm³/mol. The van der Waals surface area contributed by atoms with Gasteiger partial charge in [-0.2, -0.15) is 5.10 Å². The van der Waals surface area contributed by atoms with Crippen molar-refractivity contribution in [3.05, 3.63) is 102 Å². The number of rotatable bonds is 7. The number of nitrogens with zero attached hydrogens (tertiary/aromatic N) is 3. The molecule has 2 heterocycles. The van der Waals surface area contributed by atoms with E-state index in [2.05, 4.69) is 97.9 Å². The van der Waals surface area contributed by atoms with Crippen LogP contribution >= 0.6 is 0 Å². The summed E-state index contributed by atoms with van der Waals surface area (Å²) in [6, 6.07) is 21.5. The predicted octanol–water partition coefficient (Wildman–Crippen LogP) is 5.79. The molecule has 2 aromatic carbocycles. The largest absolute Gasteiger partial charge is 0.306 e. The molecule has 2 aromatic heterocycles. The van der Waals surface area contributed by atoms with Crippen LogP contribution in [0.5, 0.6) is 0 Å². The Hall–Kier alpha value is -3.24. The van der Waals surface area contributed by atoms with E-state index in [9.17, 15) is 0 Å². The van der Waals surface area contributed by atoms with Gasteiger partial charge in [0, 0.05) is 42.3 Å². The molecule has 4 heteroatoms. The van der Waals surface area contributed by atoms with Crippen molar-refractivity contribution in [2.75, 3.05) is 0 Å². The second-order valence-corrected chi connectivity index (χ2v) is 7.77. The van der Waals surface area contributed by atoms with E-state index in [-0.39, 0.29) is 6.04 Å². The van der Waals surface area contributed by atoms with Gasteiger partial charge in [0.05, 0.1) is 11.4 Å². The van der Waals surface area contributed by atoms with E-state index in [0.29, 0.717) is 0 Å². The maximum Gasteiger partial charge on any atom is 0.0972 e. The SMILES string of the molecule is CC[C@H](NCc1cn(-c2ccc(C)cc2)nc1-c1cccc(C)c1)c1ccncc1. The second kappa shape index (κ2) is 9.06. The molecule has 0 aliphatic heterocycles. The van der Waals surface area contributed by atoms with Crippen LogP contribution in [-0.4, -0.2) is 14.8 Å². The number of nitrogens with one attached hydrogen (secondary N) is 1. The molecule has 4 rings (SSSR count). The molecule has 4 aromatic rings. The summed E-state index contributed by atoms with van der Waals surface area (Å²) >= 11 is 0. The molecule has 30 heavy (non-hydrogen) atoms. The fraction of sp³-hybridized carbons (Fsp3) is 0.231. The first-order valence-corrected chi connectivity index (χ1v) is 10.5.